The molecule has 0 aliphatic heterocycles. The predicted octanol–water partition coefficient (Wildman–Crippen LogP) is 6.37. The van der Waals surface area contributed by atoms with Gasteiger partial charge in [-0.3, -0.25) is 0 Å². The average molecular weight is 450 g/mol. The summed E-state index contributed by atoms with van der Waals surface area (Å²) in [6, 6.07) is 16.5. The highest BCUT2D eigenvalue weighted by Crippen LogP contribution is 2.32. The molecule has 2 aromatic carbocycles. The lowest BCUT2D eigenvalue weighted by molar-refractivity contribution is 0.966. The van der Waals surface area contributed by atoms with Crippen LogP contribution in [0.4, 0.5) is 0 Å². The summed E-state index contributed by atoms with van der Waals surface area (Å²) in [7, 11) is 0. The van der Waals surface area contributed by atoms with Gasteiger partial charge in [-0.2, -0.15) is 0 Å². The lowest BCUT2D eigenvalue weighted by Crippen LogP contribution is -1.99. The van der Waals surface area contributed by atoms with Crippen molar-refractivity contribution in [1.29, 1.82) is 0 Å². The van der Waals surface area contributed by atoms with Gasteiger partial charge in [0.15, 0.2) is 5.16 Å². The zero-order chi connectivity index (χ0) is 16.4. The third kappa shape index (κ3) is 3.67. The number of benzene rings is 2. The van der Waals surface area contributed by atoms with E-state index in [4.69, 9.17) is 9.97 Å². The summed E-state index contributed by atoms with van der Waals surface area (Å²) in [6.45, 7) is 2.08. The smallest absolute Gasteiger partial charge is 0.188 e. The number of hydrogen-bond donors (Lipinski definition) is 0. The van der Waals surface area contributed by atoms with Crippen LogP contribution >= 0.6 is 43.6 Å². The fourth-order valence-electron chi connectivity index (χ4n) is 2.37. The Morgan fingerprint density at radius 1 is 0.739 bits per heavy atom. The second kappa shape index (κ2) is 7.16. The highest BCUT2D eigenvalue weighted by molar-refractivity contribution is 9.10. The molecule has 0 aliphatic rings. The fourth-order valence-corrected chi connectivity index (χ4v) is 3.26. The predicted molar refractivity (Wildman–Crippen MR) is 105 cm³/mol. The minimum absolute atomic E-state index is 0.784. The van der Waals surface area contributed by atoms with Crippen LogP contribution in [0.3, 0.4) is 0 Å². The first kappa shape index (κ1) is 16.7. The first-order chi connectivity index (χ1) is 11.1. The molecule has 0 N–H and O–H groups in total. The first-order valence-corrected chi connectivity index (χ1v) is 9.84. The molecular weight excluding hydrogens is 436 g/mol. The van der Waals surface area contributed by atoms with Crippen LogP contribution in [0.2, 0.25) is 0 Å². The molecule has 0 radical (unpaired) electrons. The Kier molecular flexibility index (Phi) is 5.19. The van der Waals surface area contributed by atoms with E-state index >= 15 is 0 Å². The van der Waals surface area contributed by atoms with E-state index in [0.29, 0.717) is 0 Å². The van der Waals surface area contributed by atoms with Gasteiger partial charge in [-0.15, -0.1) is 0 Å². The number of halogens is 2. The fraction of sp³-hybridized carbons (Fsp3) is 0.111. The van der Waals surface area contributed by atoms with Crippen LogP contribution in [0.15, 0.2) is 62.6 Å². The molecule has 0 fully saturated rings. The molecular formula is C18H14Br2N2S. The third-order valence-corrected chi connectivity index (χ3v) is 5.15. The molecule has 0 aliphatic carbocycles. The molecule has 5 heteroatoms. The van der Waals surface area contributed by atoms with Gasteiger partial charge in [-0.05, 0) is 37.4 Å². The van der Waals surface area contributed by atoms with Gasteiger partial charge >= 0.3 is 0 Å². The van der Waals surface area contributed by atoms with Crippen molar-refractivity contribution in [3.63, 3.8) is 0 Å². The van der Waals surface area contributed by atoms with Crippen molar-refractivity contribution in [2.24, 2.45) is 0 Å². The van der Waals surface area contributed by atoms with Crippen molar-refractivity contribution in [3.05, 3.63) is 63.0 Å². The molecule has 0 unspecified atom stereocenters. The van der Waals surface area contributed by atoms with Gasteiger partial charge in [0.05, 0.1) is 11.4 Å². The molecule has 1 aromatic heterocycles. The van der Waals surface area contributed by atoms with Crippen molar-refractivity contribution in [2.75, 3.05) is 6.26 Å². The molecule has 0 saturated carbocycles. The van der Waals surface area contributed by atoms with Gasteiger partial charge in [-0.1, -0.05) is 67.9 Å². The molecule has 1 heterocycles. The van der Waals surface area contributed by atoms with E-state index in [1.165, 1.54) is 0 Å². The summed E-state index contributed by atoms with van der Waals surface area (Å²) >= 11 is 8.52. The standard InChI is InChI=1S/C18H14Br2N2S/c1-11-16(12-3-7-14(19)8-4-12)21-18(23-2)22-17(11)13-5-9-15(20)10-6-13/h3-10H,1-2H3. The van der Waals surface area contributed by atoms with Crippen LogP contribution in [-0.2, 0) is 0 Å². The molecule has 116 valence electrons. The van der Waals surface area contributed by atoms with Gasteiger partial charge in [0.1, 0.15) is 0 Å². The molecule has 0 atom stereocenters. The molecule has 0 bridgehead atoms. The second-order valence-corrected chi connectivity index (χ2v) is 7.65. The van der Waals surface area contributed by atoms with Crippen LogP contribution in [0.5, 0.6) is 0 Å². The Hall–Kier alpha value is -1.17. The summed E-state index contributed by atoms with van der Waals surface area (Å²) in [4.78, 5) is 9.44. The van der Waals surface area contributed by atoms with Crippen LogP contribution in [0.1, 0.15) is 5.56 Å². The number of hydrogen-bond acceptors (Lipinski definition) is 3. The van der Waals surface area contributed by atoms with E-state index in [1.54, 1.807) is 11.8 Å². The van der Waals surface area contributed by atoms with E-state index < -0.39 is 0 Å². The van der Waals surface area contributed by atoms with Crippen molar-refractivity contribution in [2.45, 2.75) is 12.1 Å². The normalized spacial score (nSPS) is 10.8. The monoisotopic (exact) mass is 448 g/mol. The van der Waals surface area contributed by atoms with Crippen molar-refractivity contribution < 1.29 is 0 Å². The maximum Gasteiger partial charge on any atom is 0.188 e. The molecule has 0 saturated heterocycles. The lowest BCUT2D eigenvalue weighted by atomic mass is 10.0. The topological polar surface area (TPSA) is 25.8 Å². The lowest BCUT2D eigenvalue weighted by Gasteiger charge is -2.12. The van der Waals surface area contributed by atoms with Crippen LogP contribution in [0, 0.1) is 6.92 Å². The number of rotatable bonds is 3. The maximum atomic E-state index is 4.72. The van der Waals surface area contributed by atoms with E-state index in [9.17, 15) is 0 Å². The first-order valence-electron chi connectivity index (χ1n) is 7.03. The zero-order valence-corrected chi connectivity index (χ0v) is 16.7. The number of thioether (sulfide) groups is 1. The number of aromatic nitrogens is 2. The van der Waals surface area contributed by atoms with Crippen LogP contribution in [0.25, 0.3) is 22.5 Å². The Morgan fingerprint density at radius 3 is 1.48 bits per heavy atom. The van der Waals surface area contributed by atoms with Gasteiger partial charge in [-0.25, -0.2) is 9.97 Å². The van der Waals surface area contributed by atoms with E-state index in [-0.39, 0.29) is 0 Å². The molecule has 2 nitrogen and oxygen atoms in total. The summed E-state index contributed by atoms with van der Waals surface area (Å²) in [5, 5.41) is 0.784. The Bertz CT molecular complexity index is 764. The second-order valence-electron chi connectivity index (χ2n) is 5.05. The number of nitrogens with zero attached hydrogens (tertiary/aromatic N) is 2. The average Bonchev–Trinajstić information content (AvgIpc) is 2.57. The van der Waals surface area contributed by atoms with E-state index in [0.717, 1.165) is 42.2 Å². The highest BCUT2D eigenvalue weighted by atomic mass is 79.9. The van der Waals surface area contributed by atoms with E-state index in [1.807, 2.05) is 30.5 Å². The molecule has 23 heavy (non-hydrogen) atoms. The summed E-state index contributed by atoms with van der Waals surface area (Å²) in [5.41, 5.74) is 5.25. The zero-order valence-electron chi connectivity index (χ0n) is 12.7. The van der Waals surface area contributed by atoms with Crippen LogP contribution < -0.4 is 0 Å². The quantitative estimate of drug-likeness (QED) is 0.343. The Balaban J connectivity index is 2.19. The minimum atomic E-state index is 0.784. The molecule has 0 spiro atoms. The highest BCUT2D eigenvalue weighted by Gasteiger charge is 2.14. The van der Waals surface area contributed by atoms with Crippen molar-refractivity contribution in [3.8, 4) is 22.5 Å². The SMILES string of the molecule is CSc1nc(-c2ccc(Br)cc2)c(C)c(-c2ccc(Br)cc2)n1. The van der Waals surface area contributed by atoms with Gasteiger partial charge in [0.2, 0.25) is 0 Å². The molecule has 3 aromatic rings. The Labute approximate surface area is 157 Å². The van der Waals surface area contributed by atoms with Gasteiger partial charge < -0.3 is 0 Å². The van der Waals surface area contributed by atoms with Crippen LogP contribution in [-0.4, -0.2) is 16.2 Å². The van der Waals surface area contributed by atoms with Crippen molar-refractivity contribution in [1.82, 2.24) is 9.97 Å². The summed E-state index contributed by atoms with van der Waals surface area (Å²) in [6.07, 6.45) is 2.00. The molecule has 3 rings (SSSR count). The minimum Gasteiger partial charge on any atom is -0.222 e. The molecule has 0 amide bonds. The van der Waals surface area contributed by atoms with E-state index in [2.05, 4.69) is 63.0 Å². The van der Waals surface area contributed by atoms with Gasteiger partial charge in [0, 0.05) is 25.6 Å². The largest absolute Gasteiger partial charge is 0.222 e. The Morgan fingerprint density at radius 2 is 1.13 bits per heavy atom. The maximum absolute atomic E-state index is 4.72. The summed E-state index contributed by atoms with van der Waals surface area (Å²) in [5.74, 6) is 0. The van der Waals surface area contributed by atoms with Gasteiger partial charge in [0.25, 0.3) is 0 Å². The summed E-state index contributed by atoms with van der Waals surface area (Å²) < 4.78 is 2.12. The van der Waals surface area contributed by atoms with Crippen molar-refractivity contribution >= 4 is 43.6 Å². The third-order valence-electron chi connectivity index (χ3n) is 3.54.